The van der Waals surface area contributed by atoms with Gasteiger partial charge in [0.25, 0.3) is 0 Å². The lowest BCUT2D eigenvalue weighted by Crippen LogP contribution is -2.05. The number of carbonyl (C=O) groups is 1. The molecule has 0 amide bonds. The summed E-state index contributed by atoms with van der Waals surface area (Å²) in [6.07, 6.45) is 0. The number of hydrogen-bond acceptors (Lipinski definition) is 5. The van der Waals surface area contributed by atoms with Gasteiger partial charge in [-0.3, -0.25) is 0 Å². The first kappa shape index (κ1) is 15.8. The third kappa shape index (κ3) is 3.62. The molecule has 0 saturated carbocycles. The molecule has 6 heteroatoms. The van der Waals surface area contributed by atoms with E-state index in [9.17, 15) is 4.79 Å². The fraction of sp³-hybridized carbons (Fsp3) is 0.0556. The summed E-state index contributed by atoms with van der Waals surface area (Å²) >= 11 is 5.85. The predicted molar refractivity (Wildman–Crippen MR) is 87.2 cm³/mol. The Morgan fingerprint density at radius 3 is 2.75 bits per heavy atom. The van der Waals surface area contributed by atoms with Crippen LogP contribution in [0.1, 0.15) is 21.7 Å². The van der Waals surface area contributed by atoms with E-state index in [1.54, 1.807) is 36.4 Å². The van der Waals surface area contributed by atoms with E-state index in [-0.39, 0.29) is 6.61 Å². The van der Waals surface area contributed by atoms with Crippen LogP contribution in [0.2, 0.25) is 5.02 Å². The lowest BCUT2D eigenvalue weighted by Gasteiger charge is -2.02. The predicted octanol–water partition coefficient (Wildman–Crippen LogP) is 4.22. The Morgan fingerprint density at radius 2 is 2.00 bits per heavy atom. The lowest BCUT2D eigenvalue weighted by atomic mass is 10.1. The van der Waals surface area contributed by atoms with Crippen molar-refractivity contribution in [2.24, 2.45) is 0 Å². The summed E-state index contributed by atoms with van der Waals surface area (Å²) in [7, 11) is 0. The van der Waals surface area contributed by atoms with Crippen LogP contribution in [0.4, 0.5) is 0 Å². The van der Waals surface area contributed by atoms with Gasteiger partial charge in [-0.1, -0.05) is 35.0 Å². The zero-order valence-electron chi connectivity index (χ0n) is 12.4. The highest BCUT2D eigenvalue weighted by atomic mass is 35.5. The van der Waals surface area contributed by atoms with Gasteiger partial charge in [0.1, 0.15) is 5.69 Å². The Labute approximate surface area is 143 Å². The molecular formula is C18H11ClN2O3. The molecule has 0 atom stereocenters. The van der Waals surface area contributed by atoms with Crippen LogP contribution < -0.4 is 0 Å². The molecule has 0 N–H and O–H groups in total. The number of carbonyl (C=O) groups excluding carboxylic acids is 1. The average molecular weight is 339 g/mol. The Balaban J connectivity index is 1.66. The number of nitrogens with zero attached hydrogens (tertiary/aromatic N) is 2. The van der Waals surface area contributed by atoms with E-state index in [2.05, 4.69) is 5.16 Å². The summed E-state index contributed by atoms with van der Waals surface area (Å²) in [5.41, 5.74) is 2.19. The minimum atomic E-state index is -0.531. The smallest absolute Gasteiger partial charge is 0.338 e. The van der Waals surface area contributed by atoms with Crippen LogP contribution in [0, 0.1) is 11.3 Å². The van der Waals surface area contributed by atoms with Crippen LogP contribution in [0.3, 0.4) is 0 Å². The van der Waals surface area contributed by atoms with Crippen LogP contribution >= 0.6 is 11.6 Å². The van der Waals surface area contributed by atoms with Crippen molar-refractivity contribution in [2.45, 2.75) is 6.61 Å². The zero-order chi connectivity index (χ0) is 16.9. The Morgan fingerprint density at radius 1 is 1.21 bits per heavy atom. The molecule has 0 aliphatic carbocycles. The van der Waals surface area contributed by atoms with Crippen molar-refractivity contribution in [3.63, 3.8) is 0 Å². The number of aromatic nitrogens is 1. The standard InChI is InChI=1S/C18H11ClN2O3/c19-15-6-4-13(5-7-15)17-9-16(24-21-17)11-23-18(22)14-3-1-2-12(8-14)10-20/h1-9H,11H2. The van der Waals surface area contributed by atoms with E-state index in [0.717, 1.165) is 5.56 Å². The third-order valence-corrected chi connectivity index (χ3v) is 3.52. The summed E-state index contributed by atoms with van der Waals surface area (Å²) in [4.78, 5) is 12.0. The second-order valence-electron chi connectivity index (χ2n) is 4.95. The highest BCUT2D eigenvalue weighted by molar-refractivity contribution is 6.30. The van der Waals surface area contributed by atoms with Gasteiger partial charge in [-0.25, -0.2) is 4.79 Å². The highest BCUT2D eigenvalue weighted by Crippen LogP contribution is 2.21. The van der Waals surface area contributed by atoms with Crippen molar-refractivity contribution < 1.29 is 14.1 Å². The number of nitriles is 1. The number of benzene rings is 2. The second kappa shape index (κ2) is 6.99. The van der Waals surface area contributed by atoms with Gasteiger partial charge in [0, 0.05) is 16.7 Å². The average Bonchev–Trinajstić information content (AvgIpc) is 3.09. The Kier molecular flexibility index (Phi) is 4.59. The van der Waals surface area contributed by atoms with Gasteiger partial charge in [0.05, 0.1) is 17.2 Å². The van der Waals surface area contributed by atoms with Gasteiger partial charge in [0.15, 0.2) is 12.4 Å². The molecule has 5 nitrogen and oxygen atoms in total. The van der Waals surface area contributed by atoms with Gasteiger partial charge >= 0.3 is 5.97 Å². The van der Waals surface area contributed by atoms with Gasteiger partial charge in [-0.15, -0.1) is 0 Å². The van der Waals surface area contributed by atoms with E-state index >= 15 is 0 Å². The van der Waals surface area contributed by atoms with Crippen molar-refractivity contribution in [2.75, 3.05) is 0 Å². The minimum Gasteiger partial charge on any atom is -0.454 e. The first-order chi connectivity index (χ1) is 11.7. The summed E-state index contributed by atoms with van der Waals surface area (Å²) in [5.74, 6) is -0.110. The summed E-state index contributed by atoms with van der Waals surface area (Å²) in [6.45, 7) is -0.0454. The van der Waals surface area contributed by atoms with Crippen LogP contribution in [-0.2, 0) is 11.3 Å². The maximum Gasteiger partial charge on any atom is 0.338 e. The highest BCUT2D eigenvalue weighted by Gasteiger charge is 2.11. The fourth-order valence-corrected chi connectivity index (χ4v) is 2.20. The Bertz CT molecular complexity index is 911. The second-order valence-corrected chi connectivity index (χ2v) is 5.39. The maximum absolute atomic E-state index is 12.0. The molecule has 0 bridgehead atoms. The van der Waals surface area contributed by atoms with Crippen LogP contribution in [0.5, 0.6) is 0 Å². The third-order valence-electron chi connectivity index (χ3n) is 3.27. The lowest BCUT2D eigenvalue weighted by molar-refractivity contribution is 0.0437. The first-order valence-corrected chi connectivity index (χ1v) is 7.42. The molecule has 0 aliphatic heterocycles. The largest absolute Gasteiger partial charge is 0.454 e. The van der Waals surface area contributed by atoms with Crippen molar-refractivity contribution in [3.05, 3.63) is 76.5 Å². The van der Waals surface area contributed by atoms with Gasteiger partial charge in [-0.05, 0) is 30.3 Å². The van der Waals surface area contributed by atoms with Crippen LogP contribution in [-0.4, -0.2) is 11.1 Å². The summed E-state index contributed by atoms with van der Waals surface area (Å²) in [5, 5.41) is 13.4. The van der Waals surface area contributed by atoms with Crippen molar-refractivity contribution in [3.8, 4) is 17.3 Å². The number of halogens is 1. The van der Waals surface area contributed by atoms with Gasteiger partial charge in [-0.2, -0.15) is 5.26 Å². The van der Waals surface area contributed by atoms with Crippen LogP contribution in [0.15, 0.2) is 59.1 Å². The molecule has 0 fully saturated rings. The maximum atomic E-state index is 12.0. The molecule has 0 saturated heterocycles. The molecule has 0 radical (unpaired) electrons. The molecule has 3 aromatic rings. The molecule has 24 heavy (non-hydrogen) atoms. The molecule has 0 spiro atoms. The minimum absolute atomic E-state index is 0.0454. The van der Waals surface area contributed by atoms with E-state index in [4.69, 9.17) is 26.1 Å². The number of esters is 1. The zero-order valence-corrected chi connectivity index (χ0v) is 13.2. The van der Waals surface area contributed by atoms with E-state index in [1.807, 2.05) is 18.2 Å². The normalized spacial score (nSPS) is 10.2. The molecule has 1 aromatic heterocycles. The Hall–Kier alpha value is -3.10. The summed E-state index contributed by atoms with van der Waals surface area (Å²) in [6, 6.07) is 17.1. The quantitative estimate of drug-likeness (QED) is 0.665. The molecule has 0 unspecified atom stereocenters. The summed E-state index contributed by atoms with van der Waals surface area (Å²) < 4.78 is 10.3. The molecule has 1 heterocycles. The molecule has 2 aromatic carbocycles. The van der Waals surface area contributed by atoms with E-state index < -0.39 is 5.97 Å². The van der Waals surface area contributed by atoms with Gasteiger partial charge < -0.3 is 9.26 Å². The van der Waals surface area contributed by atoms with Crippen molar-refractivity contribution in [1.29, 1.82) is 5.26 Å². The number of hydrogen-bond donors (Lipinski definition) is 0. The monoisotopic (exact) mass is 338 g/mol. The van der Waals surface area contributed by atoms with E-state index in [1.165, 1.54) is 6.07 Å². The molecular weight excluding hydrogens is 328 g/mol. The molecule has 118 valence electrons. The van der Waals surface area contributed by atoms with Crippen molar-refractivity contribution >= 4 is 17.6 Å². The van der Waals surface area contributed by atoms with Crippen molar-refractivity contribution in [1.82, 2.24) is 5.16 Å². The fourth-order valence-electron chi connectivity index (χ4n) is 2.07. The van der Waals surface area contributed by atoms with Gasteiger partial charge in [0.2, 0.25) is 0 Å². The molecule has 0 aliphatic rings. The number of rotatable bonds is 4. The van der Waals surface area contributed by atoms with E-state index in [0.29, 0.717) is 27.6 Å². The SMILES string of the molecule is N#Cc1cccc(C(=O)OCc2cc(-c3ccc(Cl)cc3)no2)c1. The first-order valence-electron chi connectivity index (χ1n) is 7.04. The topological polar surface area (TPSA) is 76.1 Å². The molecule has 3 rings (SSSR count). The van der Waals surface area contributed by atoms with Crippen LogP contribution in [0.25, 0.3) is 11.3 Å². The number of ether oxygens (including phenoxy) is 1.